The van der Waals surface area contributed by atoms with Crippen molar-refractivity contribution in [3.8, 4) is 5.75 Å². The third-order valence-electron chi connectivity index (χ3n) is 7.33. The molecule has 2 atom stereocenters. The van der Waals surface area contributed by atoms with Crippen LogP contribution in [0.25, 0.3) is 0 Å². The van der Waals surface area contributed by atoms with Gasteiger partial charge in [-0.3, -0.25) is 0 Å². The number of benzene rings is 3. The lowest BCUT2D eigenvalue weighted by atomic mass is 10.1. The lowest BCUT2D eigenvalue weighted by molar-refractivity contribution is -0.189. The third-order valence-corrected chi connectivity index (χ3v) is 7.87. The SMILES string of the molecule is Nc1ccc(N2CCN(c3ccc(OC[C@@H]4CO[C@@](Cn5ccnc5)(c5ccc(Cl)cc5Cl)O4)cc3)CC2)cc1. The Hall–Kier alpha value is -3.43. The molecule has 0 spiro atoms. The van der Waals surface area contributed by atoms with E-state index >= 15 is 0 Å². The molecule has 0 aliphatic carbocycles. The summed E-state index contributed by atoms with van der Waals surface area (Å²) in [4.78, 5) is 8.93. The molecule has 0 unspecified atom stereocenters. The fourth-order valence-electron chi connectivity index (χ4n) is 5.23. The summed E-state index contributed by atoms with van der Waals surface area (Å²) >= 11 is 12.7. The van der Waals surface area contributed by atoms with Crippen molar-refractivity contribution in [3.05, 3.63) is 101 Å². The highest BCUT2D eigenvalue weighted by Gasteiger charge is 2.45. The van der Waals surface area contributed by atoms with Gasteiger partial charge in [-0.25, -0.2) is 4.98 Å². The molecule has 4 aromatic rings. The Morgan fingerprint density at radius 1 is 0.925 bits per heavy atom. The minimum Gasteiger partial charge on any atom is -0.491 e. The molecule has 2 saturated heterocycles. The first-order valence-corrected chi connectivity index (χ1v) is 14.0. The third kappa shape index (κ3) is 5.86. The number of rotatable bonds is 8. The predicted molar refractivity (Wildman–Crippen MR) is 158 cm³/mol. The molecular weight excluding hydrogens is 549 g/mol. The van der Waals surface area contributed by atoms with Crippen LogP contribution in [0.3, 0.4) is 0 Å². The fraction of sp³-hybridized carbons (Fsp3) is 0.300. The van der Waals surface area contributed by atoms with Gasteiger partial charge in [-0.15, -0.1) is 0 Å². The van der Waals surface area contributed by atoms with Crippen LogP contribution in [-0.2, 0) is 21.8 Å². The van der Waals surface area contributed by atoms with Crippen molar-refractivity contribution in [2.24, 2.45) is 0 Å². The van der Waals surface area contributed by atoms with Crippen molar-refractivity contribution >= 4 is 40.3 Å². The van der Waals surface area contributed by atoms with Crippen molar-refractivity contribution in [2.45, 2.75) is 18.4 Å². The average Bonchev–Trinajstić information content (AvgIpc) is 3.63. The topological polar surface area (TPSA) is 78.0 Å². The maximum atomic E-state index is 6.57. The van der Waals surface area contributed by atoms with Crippen molar-refractivity contribution in [1.82, 2.24) is 9.55 Å². The molecule has 2 aliphatic rings. The Morgan fingerprint density at radius 2 is 1.60 bits per heavy atom. The summed E-state index contributed by atoms with van der Waals surface area (Å²) in [6.07, 6.45) is 5.02. The van der Waals surface area contributed by atoms with Crippen LogP contribution in [0.1, 0.15) is 5.56 Å². The molecule has 0 amide bonds. The second-order valence-electron chi connectivity index (χ2n) is 10.0. The first-order valence-electron chi connectivity index (χ1n) is 13.3. The number of hydrogen-bond acceptors (Lipinski definition) is 7. The van der Waals surface area contributed by atoms with Crippen LogP contribution in [0.2, 0.25) is 10.0 Å². The second kappa shape index (κ2) is 11.6. The van der Waals surface area contributed by atoms with E-state index < -0.39 is 5.79 Å². The van der Waals surface area contributed by atoms with Crippen LogP contribution in [-0.4, -0.2) is 55.0 Å². The molecule has 2 N–H and O–H groups in total. The van der Waals surface area contributed by atoms with Crippen molar-refractivity contribution in [1.29, 1.82) is 0 Å². The molecule has 208 valence electrons. The largest absolute Gasteiger partial charge is 0.491 e. The molecule has 40 heavy (non-hydrogen) atoms. The smallest absolute Gasteiger partial charge is 0.215 e. The zero-order valence-corrected chi connectivity index (χ0v) is 23.5. The van der Waals surface area contributed by atoms with Gasteiger partial charge in [-0.2, -0.15) is 0 Å². The number of aromatic nitrogens is 2. The van der Waals surface area contributed by atoms with Gasteiger partial charge in [0.25, 0.3) is 0 Å². The Bertz CT molecular complexity index is 1410. The van der Waals surface area contributed by atoms with Gasteiger partial charge in [-0.1, -0.05) is 29.3 Å². The van der Waals surface area contributed by atoms with Gasteiger partial charge in [0.1, 0.15) is 18.5 Å². The first-order chi connectivity index (χ1) is 19.5. The van der Waals surface area contributed by atoms with E-state index in [-0.39, 0.29) is 6.10 Å². The quantitative estimate of drug-likeness (QED) is 0.278. The monoisotopic (exact) mass is 579 g/mol. The van der Waals surface area contributed by atoms with Crippen LogP contribution in [0.4, 0.5) is 17.1 Å². The number of anilines is 3. The van der Waals surface area contributed by atoms with Gasteiger partial charge in [0.15, 0.2) is 0 Å². The van der Waals surface area contributed by atoms with Gasteiger partial charge in [0.05, 0.1) is 24.5 Å². The normalized spacial score (nSPS) is 21.1. The molecule has 6 rings (SSSR count). The van der Waals surface area contributed by atoms with Crippen LogP contribution in [0.5, 0.6) is 5.75 Å². The molecule has 0 bridgehead atoms. The van der Waals surface area contributed by atoms with Gasteiger partial charge >= 0.3 is 0 Å². The molecule has 1 aromatic heterocycles. The average molecular weight is 581 g/mol. The van der Waals surface area contributed by atoms with E-state index in [1.165, 1.54) is 11.4 Å². The molecule has 10 heteroatoms. The Labute approximate surface area is 243 Å². The highest BCUT2D eigenvalue weighted by Crippen LogP contribution is 2.40. The van der Waals surface area contributed by atoms with Crippen LogP contribution < -0.4 is 20.3 Å². The maximum Gasteiger partial charge on any atom is 0.215 e. The molecule has 3 aromatic carbocycles. The van der Waals surface area contributed by atoms with E-state index in [1.54, 1.807) is 24.7 Å². The zero-order valence-electron chi connectivity index (χ0n) is 22.0. The van der Waals surface area contributed by atoms with Gasteiger partial charge < -0.3 is 34.3 Å². The summed E-state index contributed by atoms with van der Waals surface area (Å²) < 4.78 is 20.8. The van der Waals surface area contributed by atoms with E-state index in [0.29, 0.717) is 29.8 Å². The van der Waals surface area contributed by atoms with Crippen LogP contribution >= 0.6 is 23.2 Å². The lowest BCUT2D eigenvalue weighted by Crippen LogP contribution is -2.46. The minimum absolute atomic E-state index is 0.281. The Morgan fingerprint density at radius 3 is 2.23 bits per heavy atom. The van der Waals surface area contributed by atoms with Gasteiger partial charge in [0.2, 0.25) is 5.79 Å². The van der Waals surface area contributed by atoms with Crippen molar-refractivity contribution in [2.75, 3.05) is 54.9 Å². The van der Waals surface area contributed by atoms with Crippen molar-refractivity contribution < 1.29 is 14.2 Å². The molecule has 0 radical (unpaired) electrons. The summed E-state index contributed by atoms with van der Waals surface area (Å²) in [5.74, 6) is -0.293. The number of halogens is 2. The first kappa shape index (κ1) is 26.8. The maximum absolute atomic E-state index is 6.57. The molecule has 8 nitrogen and oxygen atoms in total. The summed E-state index contributed by atoms with van der Waals surface area (Å²) in [6.45, 7) is 4.92. The summed E-state index contributed by atoms with van der Waals surface area (Å²) in [7, 11) is 0. The van der Waals surface area contributed by atoms with E-state index in [2.05, 4.69) is 39.0 Å². The summed E-state index contributed by atoms with van der Waals surface area (Å²) in [5, 5.41) is 1.04. The Kier molecular flexibility index (Phi) is 7.76. The number of nitrogen functional groups attached to an aromatic ring is 1. The molecule has 2 aliphatic heterocycles. The predicted octanol–water partition coefficient (Wildman–Crippen LogP) is 5.45. The highest BCUT2D eigenvalue weighted by molar-refractivity contribution is 6.35. The van der Waals surface area contributed by atoms with Crippen LogP contribution in [0, 0.1) is 0 Å². The van der Waals surface area contributed by atoms with E-state index in [0.717, 1.165) is 43.2 Å². The number of nitrogens with zero attached hydrogens (tertiary/aromatic N) is 4. The van der Waals surface area contributed by atoms with E-state index in [4.69, 9.17) is 43.1 Å². The number of imidazole rings is 1. The second-order valence-corrected chi connectivity index (χ2v) is 10.9. The molecule has 2 fully saturated rings. The van der Waals surface area contributed by atoms with E-state index in [9.17, 15) is 0 Å². The summed E-state index contributed by atoms with van der Waals surface area (Å²) in [6, 6.07) is 21.6. The highest BCUT2D eigenvalue weighted by atomic mass is 35.5. The van der Waals surface area contributed by atoms with Gasteiger partial charge in [0, 0.05) is 66.2 Å². The Balaban J connectivity index is 1.06. The number of nitrogens with two attached hydrogens (primary N) is 1. The molecule has 3 heterocycles. The van der Waals surface area contributed by atoms with Crippen molar-refractivity contribution in [3.63, 3.8) is 0 Å². The number of ether oxygens (including phenoxy) is 3. The van der Waals surface area contributed by atoms with Gasteiger partial charge in [-0.05, 0) is 60.7 Å². The number of piperazine rings is 1. The number of hydrogen-bond donors (Lipinski definition) is 1. The summed E-state index contributed by atoms with van der Waals surface area (Å²) in [5.41, 5.74) is 9.73. The zero-order chi connectivity index (χ0) is 27.5. The molecule has 0 saturated carbocycles. The minimum atomic E-state index is -1.07. The molecular formula is C30H31Cl2N5O3. The van der Waals surface area contributed by atoms with Crippen LogP contribution in [0.15, 0.2) is 85.5 Å². The van der Waals surface area contributed by atoms with E-state index in [1.807, 2.05) is 41.1 Å². The fourth-order valence-corrected chi connectivity index (χ4v) is 5.78. The standard InChI is InChI=1S/C30H31Cl2N5O3/c31-22-1-10-28(29(32)17-22)30(20-35-12-11-34-21-35)39-19-27(40-30)18-38-26-8-6-25(7-9-26)37-15-13-36(14-16-37)24-4-2-23(33)3-5-24/h1-12,17,21,27H,13-16,18-20,33H2/t27-,30-/m1/s1. The lowest BCUT2D eigenvalue weighted by Gasteiger charge is -2.37.